The second kappa shape index (κ2) is 2.87. The first-order chi connectivity index (χ1) is 6.20. The van der Waals surface area contributed by atoms with E-state index in [1.807, 2.05) is 24.1 Å². The average Bonchev–Trinajstić information content (AvgIpc) is 2.06. The first kappa shape index (κ1) is 8.30. The molecule has 1 aromatic rings. The topological polar surface area (TPSA) is 20.3 Å². The van der Waals surface area contributed by atoms with Crippen molar-refractivity contribution in [3.05, 3.63) is 35.4 Å². The lowest BCUT2D eigenvalue weighted by molar-refractivity contribution is -0.130. The third-order valence-corrected chi connectivity index (χ3v) is 2.79. The zero-order valence-electron chi connectivity index (χ0n) is 7.95. The molecule has 0 radical (unpaired) electrons. The van der Waals surface area contributed by atoms with Crippen LogP contribution in [-0.4, -0.2) is 17.9 Å². The van der Waals surface area contributed by atoms with Crippen molar-refractivity contribution >= 4 is 5.91 Å². The Hall–Kier alpha value is -1.31. The summed E-state index contributed by atoms with van der Waals surface area (Å²) in [5, 5.41) is 0. The van der Waals surface area contributed by atoms with E-state index in [4.69, 9.17) is 0 Å². The molecule has 1 aliphatic carbocycles. The number of benzene rings is 1. The van der Waals surface area contributed by atoms with Gasteiger partial charge < -0.3 is 4.90 Å². The van der Waals surface area contributed by atoms with E-state index in [0.29, 0.717) is 6.04 Å². The van der Waals surface area contributed by atoms with Crippen LogP contribution in [0.25, 0.3) is 0 Å². The van der Waals surface area contributed by atoms with Gasteiger partial charge in [-0.05, 0) is 17.5 Å². The van der Waals surface area contributed by atoms with Crippen molar-refractivity contribution in [2.45, 2.75) is 19.4 Å². The minimum Gasteiger partial charge on any atom is -0.339 e. The molecular formula is C11H13NO. The lowest BCUT2D eigenvalue weighted by Crippen LogP contribution is -2.36. The van der Waals surface area contributed by atoms with Gasteiger partial charge in [-0.3, -0.25) is 4.79 Å². The van der Waals surface area contributed by atoms with Crippen LogP contribution in [0.2, 0.25) is 0 Å². The minimum atomic E-state index is 0.138. The Morgan fingerprint density at radius 2 is 2.15 bits per heavy atom. The van der Waals surface area contributed by atoms with E-state index in [1.165, 1.54) is 11.1 Å². The maximum Gasteiger partial charge on any atom is 0.219 e. The molecule has 0 N–H and O–H groups in total. The van der Waals surface area contributed by atoms with Crippen molar-refractivity contribution in [3.63, 3.8) is 0 Å². The van der Waals surface area contributed by atoms with Gasteiger partial charge in [0, 0.05) is 14.0 Å². The van der Waals surface area contributed by atoms with Crippen molar-refractivity contribution in [2.24, 2.45) is 0 Å². The van der Waals surface area contributed by atoms with Gasteiger partial charge in [-0.1, -0.05) is 24.3 Å². The number of nitrogens with zero attached hydrogens (tertiary/aromatic N) is 1. The zero-order chi connectivity index (χ0) is 9.42. The molecule has 1 unspecified atom stereocenters. The van der Waals surface area contributed by atoms with Gasteiger partial charge >= 0.3 is 0 Å². The third-order valence-electron chi connectivity index (χ3n) is 2.79. The van der Waals surface area contributed by atoms with Crippen LogP contribution in [0.5, 0.6) is 0 Å². The van der Waals surface area contributed by atoms with Gasteiger partial charge in [0.25, 0.3) is 0 Å². The summed E-state index contributed by atoms with van der Waals surface area (Å²) >= 11 is 0. The Kier molecular flexibility index (Phi) is 1.83. The Morgan fingerprint density at radius 3 is 2.77 bits per heavy atom. The highest BCUT2D eigenvalue weighted by atomic mass is 16.2. The second-order valence-electron chi connectivity index (χ2n) is 3.55. The smallest absolute Gasteiger partial charge is 0.219 e. The predicted molar refractivity (Wildman–Crippen MR) is 51.3 cm³/mol. The van der Waals surface area contributed by atoms with E-state index in [9.17, 15) is 4.79 Å². The minimum absolute atomic E-state index is 0.138. The number of amides is 1. The summed E-state index contributed by atoms with van der Waals surface area (Å²) in [6.07, 6.45) is 1.01. The van der Waals surface area contributed by atoms with Crippen LogP contribution in [0.4, 0.5) is 0 Å². The second-order valence-corrected chi connectivity index (χ2v) is 3.55. The summed E-state index contributed by atoms with van der Waals surface area (Å²) < 4.78 is 0. The fourth-order valence-electron chi connectivity index (χ4n) is 1.80. The number of carbonyl (C=O) groups is 1. The molecule has 0 saturated carbocycles. The summed E-state index contributed by atoms with van der Waals surface area (Å²) in [5.41, 5.74) is 2.68. The van der Waals surface area contributed by atoms with Crippen LogP contribution in [0.1, 0.15) is 24.1 Å². The molecule has 1 aliphatic rings. The highest BCUT2D eigenvalue weighted by Gasteiger charge is 2.29. The highest BCUT2D eigenvalue weighted by molar-refractivity contribution is 5.74. The fraction of sp³-hybridized carbons (Fsp3) is 0.364. The quantitative estimate of drug-likeness (QED) is 0.637. The van der Waals surface area contributed by atoms with Gasteiger partial charge in [0.05, 0.1) is 6.04 Å². The molecule has 1 amide bonds. The molecule has 1 aromatic carbocycles. The Bertz CT molecular complexity index is 346. The molecule has 0 aliphatic heterocycles. The monoisotopic (exact) mass is 175 g/mol. The summed E-state index contributed by atoms with van der Waals surface area (Å²) in [6.45, 7) is 1.61. The average molecular weight is 175 g/mol. The number of rotatable bonds is 1. The molecule has 2 nitrogen and oxygen atoms in total. The van der Waals surface area contributed by atoms with Gasteiger partial charge in [-0.15, -0.1) is 0 Å². The highest BCUT2D eigenvalue weighted by Crippen LogP contribution is 2.36. The van der Waals surface area contributed by atoms with Crippen LogP contribution in [0.15, 0.2) is 24.3 Å². The van der Waals surface area contributed by atoms with E-state index < -0.39 is 0 Å². The zero-order valence-corrected chi connectivity index (χ0v) is 7.95. The Labute approximate surface area is 78.2 Å². The first-order valence-electron chi connectivity index (χ1n) is 4.51. The summed E-state index contributed by atoms with van der Waals surface area (Å²) in [7, 11) is 1.86. The number of fused-ring (bicyclic) bond motifs is 1. The number of hydrogen-bond donors (Lipinski definition) is 0. The SMILES string of the molecule is CC(=O)N(C)C1Cc2ccccc21. The standard InChI is InChI=1S/C11H13NO/c1-8(13)12(2)11-7-9-5-3-4-6-10(9)11/h3-6,11H,7H2,1-2H3. The van der Waals surface area contributed by atoms with Gasteiger partial charge in [0.2, 0.25) is 5.91 Å². The van der Waals surface area contributed by atoms with Crippen molar-refractivity contribution in [2.75, 3.05) is 7.05 Å². The van der Waals surface area contributed by atoms with Gasteiger partial charge in [0.1, 0.15) is 0 Å². The van der Waals surface area contributed by atoms with E-state index in [1.54, 1.807) is 6.92 Å². The van der Waals surface area contributed by atoms with Crippen molar-refractivity contribution < 1.29 is 4.79 Å². The van der Waals surface area contributed by atoms with E-state index in [0.717, 1.165) is 6.42 Å². The Morgan fingerprint density at radius 1 is 1.46 bits per heavy atom. The molecule has 1 atom stereocenters. The molecule has 68 valence electrons. The molecular weight excluding hydrogens is 162 g/mol. The fourth-order valence-corrected chi connectivity index (χ4v) is 1.80. The van der Waals surface area contributed by atoms with Crippen LogP contribution >= 0.6 is 0 Å². The normalized spacial score (nSPS) is 18.8. The Balaban J connectivity index is 2.22. The van der Waals surface area contributed by atoms with E-state index in [2.05, 4.69) is 12.1 Å². The molecule has 0 saturated heterocycles. The summed E-state index contributed by atoms with van der Waals surface area (Å²) in [5.74, 6) is 0.138. The molecule has 0 spiro atoms. The number of hydrogen-bond acceptors (Lipinski definition) is 1. The molecule has 2 rings (SSSR count). The van der Waals surface area contributed by atoms with Crippen LogP contribution < -0.4 is 0 Å². The first-order valence-corrected chi connectivity index (χ1v) is 4.51. The van der Waals surface area contributed by atoms with Gasteiger partial charge in [-0.25, -0.2) is 0 Å². The lowest BCUT2D eigenvalue weighted by atomic mass is 9.82. The van der Waals surface area contributed by atoms with Gasteiger partial charge in [-0.2, -0.15) is 0 Å². The molecule has 0 aromatic heterocycles. The molecule has 0 bridgehead atoms. The van der Waals surface area contributed by atoms with Gasteiger partial charge in [0.15, 0.2) is 0 Å². The largest absolute Gasteiger partial charge is 0.339 e. The summed E-state index contributed by atoms with van der Waals surface area (Å²) in [6, 6.07) is 8.61. The van der Waals surface area contributed by atoms with Crippen LogP contribution in [0, 0.1) is 0 Å². The molecule has 13 heavy (non-hydrogen) atoms. The van der Waals surface area contributed by atoms with E-state index in [-0.39, 0.29) is 5.91 Å². The van der Waals surface area contributed by atoms with Crippen molar-refractivity contribution in [3.8, 4) is 0 Å². The van der Waals surface area contributed by atoms with Crippen LogP contribution in [-0.2, 0) is 11.2 Å². The molecule has 0 fully saturated rings. The lowest BCUT2D eigenvalue weighted by Gasteiger charge is -2.36. The van der Waals surface area contributed by atoms with E-state index >= 15 is 0 Å². The maximum absolute atomic E-state index is 11.1. The van der Waals surface area contributed by atoms with Crippen LogP contribution in [0.3, 0.4) is 0 Å². The number of carbonyl (C=O) groups excluding carboxylic acids is 1. The predicted octanol–water partition coefficient (Wildman–Crippen LogP) is 1.76. The third kappa shape index (κ3) is 1.22. The molecule has 0 heterocycles. The number of likely N-dealkylation sites (N-methyl/N-ethyl adjacent to an activating group) is 1. The van der Waals surface area contributed by atoms with Crippen molar-refractivity contribution in [1.29, 1.82) is 0 Å². The molecule has 2 heteroatoms. The van der Waals surface area contributed by atoms with Crippen molar-refractivity contribution in [1.82, 2.24) is 4.90 Å². The maximum atomic E-state index is 11.1. The summed E-state index contributed by atoms with van der Waals surface area (Å²) in [4.78, 5) is 12.9.